The zero-order chi connectivity index (χ0) is 23.0. The van der Waals surface area contributed by atoms with Crippen molar-refractivity contribution in [3.8, 4) is 17.3 Å². The van der Waals surface area contributed by atoms with E-state index in [9.17, 15) is 5.11 Å². The number of hydrogen-bond acceptors (Lipinski definition) is 9. The molecule has 9 heteroatoms. The lowest BCUT2D eigenvalue weighted by Gasteiger charge is -2.47. The van der Waals surface area contributed by atoms with E-state index in [4.69, 9.17) is 9.15 Å². The molecule has 2 atom stereocenters. The second-order valence-electron chi connectivity index (χ2n) is 8.80. The Morgan fingerprint density at radius 1 is 1.00 bits per heavy atom. The Labute approximate surface area is 196 Å². The molecule has 0 radical (unpaired) electrons. The summed E-state index contributed by atoms with van der Waals surface area (Å²) in [4.78, 5) is 6.14. The lowest BCUT2D eigenvalue weighted by molar-refractivity contribution is -0.0785. The molecule has 6 rings (SSSR count). The van der Waals surface area contributed by atoms with E-state index in [0.29, 0.717) is 42.7 Å². The molecule has 1 fully saturated rings. The Bertz CT molecular complexity index is 1280. The van der Waals surface area contributed by atoms with Crippen LogP contribution in [0.3, 0.4) is 0 Å². The van der Waals surface area contributed by atoms with E-state index in [-0.39, 0.29) is 0 Å². The maximum absolute atomic E-state index is 11.0. The van der Waals surface area contributed by atoms with Gasteiger partial charge in [0.2, 0.25) is 5.89 Å². The molecule has 1 N–H and O–H groups in total. The van der Waals surface area contributed by atoms with Crippen LogP contribution in [0.15, 0.2) is 65.3 Å². The highest BCUT2D eigenvalue weighted by molar-refractivity contribution is 5.50. The number of β-amino-alcohol motifs (C(OH)–C–C–N with tert-alkyl or cyclic N) is 1. The van der Waals surface area contributed by atoms with Crippen LogP contribution in [0.25, 0.3) is 11.6 Å². The van der Waals surface area contributed by atoms with Crippen molar-refractivity contribution >= 4 is 5.82 Å². The van der Waals surface area contributed by atoms with Gasteiger partial charge in [-0.25, -0.2) is 0 Å². The number of aryl methyl sites for hydroxylation is 1. The highest BCUT2D eigenvalue weighted by atomic mass is 16.5. The first-order chi connectivity index (χ1) is 16.7. The van der Waals surface area contributed by atoms with E-state index in [1.807, 2.05) is 47.4 Å². The van der Waals surface area contributed by atoms with Crippen molar-refractivity contribution in [1.82, 2.24) is 25.4 Å². The van der Waals surface area contributed by atoms with E-state index in [0.717, 1.165) is 30.7 Å². The molecule has 0 aliphatic carbocycles. The lowest BCUT2D eigenvalue weighted by atomic mass is 9.81. The number of aromatic nitrogens is 5. The second kappa shape index (κ2) is 8.49. The summed E-state index contributed by atoms with van der Waals surface area (Å²) in [6.07, 6.45) is 5.81. The van der Waals surface area contributed by atoms with Crippen molar-refractivity contribution in [2.24, 2.45) is 0 Å². The largest absolute Gasteiger partial charge is 0.484 e. The maximum atomic E-state index is 11.0. The van der Waals surface area contributed by atoms with Crippen molar-refractivity contribution in [2.45, 2.75) is 37.4 Å². The van der Waals surface area contributed by atoms with Gasteiger partial charge in [-0.3, -0.25) is 4.98 Å². The number of pyridine rings is 1. The molecular weight excluding hydrogens is 432 g/mol. The van der Waals surface area contributed by atoms with Gasteiger partial charge in [-0.2, -0.15) is 0 Å². The van der Waals surface area contributed by atoms with Crippen LogP contribution in [0.1, 0.15) is 29.9 Å². The van der Waals surface area contributed by atoms with Crippen molar-refractivity contribution in [3.05, 3.63) is 77.9 Å². The minimum Gasteiger partial charge on any atom is -0.484 e. The molecular formula is C25H24N6O3. The van der Waals surface area contributed by atoms with Crippen LogP contribution in [0.4, 0.5) is 5.82 Å². The van der Waals surface area contributed by atoms with Gasteiger partial charge < -0.3 is 19.2 Å². The van der Waals surface area contributed by atoms with Crippen LogP contribution < -0.4 is 9.64 Å². The number of anilines is 1. The number of aliphatic hydroxyl groups is 1. The predicted octanol–water partition coefficient (Wildman–Crippen LogP) is 2.85. The van der Waals surface area contributed by atoms with E-state index >= 15 is 0 Å². The summed E-state index contributed by atoms with van der Waals surface area (Å²) in [5.74, 6) is 2.40. The standard InChI is InChI=1S/C25H24N6O3/c32-21-16-31(13-11-25(21)10-9-18-5-1-2-6-20(18)34-25)22-8-7-19(27-28-22)24-30-29-23(33-24)14-17-4-3-12-26-15-17/h1-8,12,15,21,32H,9-11,13-14,16H2. The normalized spacial score (nSPS) is 21.8. The molecule has 34 heavy (non-hydrogen) atoms. The third-order valence-corrected chi connectivity index (χ3v) is 6.65. The molecule has 0 bridgehead atoms. The van der Waals surface area contributed by atoms with Crippen molar-refractivity contribution in [3.63, 3.8) is 0 Å². The zero-order valence-electron chi connectivity index (χ0n) is 18.5. The molecule has 5 heterocycles. The summed E-state index contributed by atoms with van der Waals surface area (Å²) in [5.41, 5.74) is 2.15. The molecule has 172 valence electrons. The van der Waals surface area contributed by atoms with Gasteiger partial charge in [0.15, 0.2) is 5.82 Å². The van der Waals surface area contributed by atoms with Gasteiger partial charge in [-0.1, -0.05) is 24.3 Å². The number of benzene rings is 1. The molecule has 2 unspecified atom stereocenters. The molecule has 1 saturated heterocycles. The number of fused-ring (bicyclic) bond motifs is 1. The summed E-state index contributed by atoms with van der Waals surface area (Å²) in [7, 11) is 0. The Morgan fingerprint density at radius 3 is 2.76 bits per heavy atom. The summed E-state index contributed by atoms with van der Waals surface area (Å²) < 4.78 is 12.1. The van der Waals surface area contributed by atoms with Gasteiger partial charge in [0.05, 0.1) is 6.42 Å². The lowest BCUT2D eigenvalue weighted by Crippen LogP contribution is -2.60. The first kappa shape index (κ1) is 20.7. The summed E-state index contributed by atoms with van der Waals surface area (Å²) >= 11 is 0. The smallest absolute Gasteiger partial charge is 0.268 e. The van der Waals surface area contributed by atoms with Crippen LogP contribution in [-0.2, 0) is 12.8 Å². The summed E-state index contributed by atoms with van der Waals surface area (Å²) in [5, 5.41) is 27.9. The van der Waals surface area contributed by atoms with E-state index in [1.54, 1.807) is 12.4 Å². The number of hydrogen-bond donors (Lipinski definition) is 1. The fourth-order valence-electron chi connectivity index (χ4n) is 4.72. The Balaban J connectivity index is 1.13. The highest BCUT2D eigenvalue weighted by Gasteiger charge is 2.46. The first-order valence-corrected chi connectivity index (χ1v) is 11.4. The SMILES string of the molecule is OC1CN(c2ccc(-c3nnc(Cc4cccnc4)o3)nn2)CCC12CCc1ccccc1O2. The van der Waals surface area contributed by atoms with Crippen LogP contribution >= 0.6 is 0 Å². The molecule has 3 aromatic heterocycles. The fourth-order valence-corrected chi connectivity index (χ4v) is 4.72. The van der Waals surface area contributed by atoms with Crippen LogP contribution in [0.2, 0.25) is 0 Å². The Morgan fingerprint density at radius 2 is 1.94 bits per heavy atom. The van der Waals surface area contributed by atoms with E-state index in [1.165, 1.54) is 5.56 Å². The average Bonchev–Trinajstić information content (AvgIpc) is 3.35. The molecule has 0 amide bonds. The minimum atomic E-state index is -0.623. The number of rotatable bonds is 4. The predicted molar refractivity (Wildman–Crippen MR) is 123 cm³/mol. The molecule has 2 aliphatic heterocycles. The molecule has 4 aromatic rings. The Hall–Kier alpha value is -3.85. The number of ether oxygens (including phenoxy) is 1. The van der Waals surface area contributed by atoms with Crippen LogP contribution in [0.5, 0.6) is 5.75 Å². The Kier molecular flexibility index (Phi) is 5.18. The van der Waals surface area contributed by atoms with Crippen LogP contribution in [0, 0.1) is 0 Å². The average molecular weight is 457 g/mol. The molecule has 1 aromatic carbocycles. The number of para-hydroxylation sites is 1. The van der Waals surface area contributed by atoms with Crippen molar-refractivity contribution in [1.29, 1.82) is 0 Å². The van der Waals surface area contributed by atoms with Crippen molar-refractivity contribution in [2.75, 3.05) is 18.0 Å². The maximum Gasteiger partial charge on any atom is 0.268 e. The molecule has 2 aliphatic rings. The molecule has 1 spiro atoms. The highest BCUT2D eigenvalue weighted by Crippen LogP contribution is 2.40. The molecule has 9 nitrogen and oxygen atoms in total. The van der Waals surface area contributed by atoms with Gasteiger partial charge in [0, 0.05) is 31.9 Å². The number of nitrogens with zero attached hydrogens (tertiary/aromatic N) is 6. The molecule has 0 saturated carbocycles. The number of aliphatic hydroxyl groups excluding tert-OH is 1. The topological polar surface area (TPSA) is 110 Å². The first-order valence-electron chi connectivity index (χ1n) is 11.4. The van der Waals surface area contributed by atoms with Gasteiger partial charge in [-0.05, 0) is 48.2 Å². The van der Waals surface area contributed by atoms with Crippen molar-refractivity contribution < 1.29 is 14.3 Å². The second-order valence-corrected chi connectivity index (χ2v) is 8.80. The number of piperidine rings is 1. The van der Waals surface area contributed by atoms with Gasteiger partial charge >= 0.3 is 0 Å². The summed E-state index contributed by atoms with van der Waals surface area (Å²) in [6, 6.07) is 15.6. The van der Waals surface area contributed by atoms with Crippen LogP contribution in [-0.4, -0.2) is 55.3 Å². The van der Waals surface area contributed by atoms with Gasteiger partial charge in [0.1, 0.15) is 23.1 Å². The quantitative estimate of drug-likeness (QED) is 0.495. The third kappa shape index (κ3) is 3.88. The third-order valence-electron chi connectivity index (χ3n) is 6.65. The van der Waals surface area contributed by atoms with E-state index < -0.39 is 11.7 Å². The van der Waals surface area contributed by atoms with Gasteiger partial charge in [-0.15, -0.1) is 20.4 Å². The monoisotopic (exact) mass is 456 g/mol. The fraction of sp³-hybridized carbons (Fsp3) is 0.320. The summed E-state index contributed by atoms with van der Waals surface area (Å²) in [6.45, 7) is 1.16. The minimum absolute atomic E-state index is 0.324. The van der Waals surface area contributed by atoms with E-state index in [2.05, 4.69) is 31.4 Å². The zero-order valence-corrected chi connectivity index (χ0v) is 18.5. The van der Waals surface area contributed by atoms with Gasteiger partial charge in [0.25, 0.3) is 5.89 Å².